The summed E-state index contributed by atoms with van der Waals surface area (Å²) in [4.78, 5) is 6.60. The topological polar surface area (TPSA) is 29.3 Å². The molecule has 0 bridgehead atoms. The second kappa shape index (κ2) is 5.68. The smallest absolute Gasteiger partial charge is 0.220 e. The first-order valence-corrected chi connectivity index (χ1v) is 7.36. The molecule has 0 spiro atoms. The van der Waals surface area contributed by atoms with E-state index < -0.39 is 0 Å². The number of aryl methyl sites for hydroxylation is 2. The van der Waals surface area contributed by atoms with Gasteiger partial charge in [-0.15, -0.1) is 0 Å². The SMILES string of the molecule is Cc1cc2nc(/C=C/c3ccc(N(C)C)cc3)oc2cc1C. The Bertz CT molecular complexity index is 788. The van der Waals surface area contributed by atoms with E-state index in [0.29, 0.717) is 5.89 Å². The van der Waals surface area contributed by atoms with Gasteiger partial charge in [0, 0.05) is 25.9 Å². The summed E-state index contributed by atoms with van der Waals surface area (Å²) in [5, 5.41) is 0. The lowest BCUT2D eigenvalue weighted by molar-refractivity contribution is 0.589. The fourth-order valence-corrected chi connectivity index (χ4v) is 2.32. The lowest BCUT2D eigenvalue weighted by Crippen LogP contribution is -2.07. The zero-order valence-corrected chi connectivity index (χ0v) is 13.4. The minimum absolute atomic E-state index is 0.636. The summed E-state index contributed by atoms with van der Waals surface area (Å²) in [6, 6.07) is 12.5. The Hall–Kier alpha value is -2.55. The average Bonchev–Trinajstić information content (AvgIpc) is 2.88. The molecule has 3 nitrogen and oxygen atoms in total. The summed E-state index contributed by atoms with van der Waals surface area (Å²) in [5.41, 5.74) is 6.51. The molecule has 2 aromatic carbocycles. The van der Waals surface area contributed by atoms with Gasteiger partial charge >= 0.3 is 0 Å². The standard InChI is InChI=1S/C19H20N2O/c1-13-11-17-18(12-14(13)2)22-19(20-17)10-7-15-5-8-16(9-6-15)21(3)4/h5-12H,1-4H3/b10-7+. The quantitative estimate of drug-likeness (QED) is 0.702. The highest BCUT2D eigenvalue weighted by atomic mass is 16.3. The number of nitrogens with zero attached hydrogens (tertiary/aromatic N) is 2. The van der Waals surface area contributed by atoms with Crippen molar-refractivity contribution in [2.45, 2.75) is 13.8 Å². The highest BCUT2D eigenvalue weighted by molar-refractivity contribution is 5.77. The van der Waals surface area contributed by atoms with Gasteiger partial charge in [0.1, 0.15) is 5.52 Å². The van der Waals surface area contributed by atoms with Crippen LogP contribution in [0.1, 0.15) is 22.6 Å². The van der Waals surface area contributed by atoms with Crippen LogP contribution in [-0.4, -0.2) is 19.1 Å². The Morgan fingerprint density at radius 2 is 1.64 bits per heavy atom. The average molecular weight is 292 g/mol. The summed E-state index contributed by atoms with van der Waals surface area (Å²) >= 11 is 0. The van der Waals surface area contributed by atoms with Crippen molar-refractivity contribution in [3.8, 4) is 0 Å². The van der Waals surface area contributed by atoms with Gasteiger partial charge in [-0.25, -0.2) is 4.98 Å². The van der Waals surface area contributed by atoms with Crippen molar-refractivity contribution >= 4 is 28.9 Å². The van der Waals surface area contributed by atoms with Crippen molar-refractivity contribution in [2.24, 2.45) is 0 Å². The van der Waals surface area contributed by atoms with Crippen molar-refractivity contribution in [3.05, 3.63) is 59.0 Å². The Morgan fingerprint density at radius 3 is 2.32 bits per heavy atom. The van der Waals surface area contributed by atoms with Crippen LogP contribution in [0.4, 0.5) is 5.69 Å². The molecule has 0 radical (unpaired) electrons. The van der Waals surface area contributed by atoms with E-state index in [1.165, 1.54) is 16.8 Å². The Labute approximate surface area is 130 Å². The molecule has 3 rings (SSSR count). The number of hydrogen-bond donors (Lipinski definition) is 0. The maximum atomic E-state index is 5.78. The third kappa shape index (κ3) is 2.89. The molecule has 0 saturated carbocycles. The molecule has 3 heteroatoms. The second-order valence-electron chi connectivity index (χ2n) is 5.78. The van der Waals surface area contributed by atoms with Gasteiger partial charge in [-0.05, 0) is 60.9 Å². The highest BCUT2D eigenvalue weighted by Crippen LogP contribution is 2.21. The number of hydrogen-bond acceptors (Lipinski definition) is 3. The van der Waals surface area contributed by atoms with Crippen LogP contribution < -0.4 is 4.90 Å². The zero-order valence-electron chi connectivity index (χ0n) is 13.4. The number of benzene rings is 2. The minimum atomic E-state index is 0.636. The first kappa shape index (κ1) is 14.4. The monoisotopic (exact) mass is 292 g/mol. The van der Waals surface area contributed by atoms with Gasteiger partial charge in [0.05, 0.1) is 0 Å². The summed E-state index contributed by atoms with van der Waals surface area (Å²) < 4.78 is 5.78. The summed E-state index contributed by atoms with van der Waals surface area (Å²) in [7, 11) is 4.07. The summed E-state index contributed by atoms with van der Waals surface area (Å²) in [5.74, 6) is 0.636. The van der Waals surface area contributed by atoms with Crippen molar-refractivity contribution in [3.63, 3.8) is 0 Å². The van der Waals surface area contributed by atoms with Crippen LogP contribution in [0.15, 0.2) is 40.8 Å². The van der Waals surface area contributed by atoms with Gasteiger partial charge in [-0.3, -0.25) is 0 Å². The molecule has 0 saturated heterocycles. The maximum absolute atomic E-state index is 5.78. The molecule has 112 valence electrons. The van der Waals surface area contributed by atoms with E-state index in [9.17, 15) is 0 Å². The molecule has 1 aromatic heterocycles. The number of rotatable bonds is 3. The van der Waals surface area contributed by atoms with Gasteiger partial charge in [-0.1, -0.05) is 12.1 Å². The molecule has 0 aliphatic heterocycles. The van der Waals surface area contributed by atoms with Gasteiger partial charge in [0.25, 0.3) is 0 Å². The van der Waals surface area contributed by atoms with Crippen LogP contribution in [0.5, 0.6) is 0 Å². The predicted molar refractivity (Wildman–Crippen MR) is 93.2 cm³/mol. The number of fused-ring (bicyclic) bond motifs is 1. The van der Waals surface area contributed by atoms with Crippen molar-refractivity contribution in [1.82, 2.24) is 4.98 Å². The zero-order chi connectivity index (χ0) is 15.7. The van der Waals surface area contributed by atoms with E-state index in [-0.39, 0.29) is 0 Å². The van der Waals surface area contributed by atoms with Gasteiger partial charge in [-0.2, -0.15) is 0 Å². The molecule has 0 atom stereocenters. The van der Waals surface area contributed by atoms with E-state index in [2.05, 4.69) is 54.1 Å². The molecule has 0 fully saturated rings. The maximum Gasteiger partial charge on any atom is 0.220 e. The third-order valence-corrected chi connectivity index (χ3v) is 3.85. The lowest BCUT2D eigenvalue weighted by atomic mass is 10.1. The summed E-state index contributed by atoms with van der Waals surface area (Å²) in [6.45, 7) is 4.17. The molecule has 0 unspecified atom stereocenters. The Kier molecular flexibility index (Phi) is 3.72. The van der Waals surface area contributed by atoms with E-state index >= 15 is 0 Å². The van der Waals surface area contributed by atoms with Crippen LogP contribution in [0, 0.1) is 13.8 Å². The van der Waals surface area contributed by atoms with E-state index in [1.54, 1.807) is 0 Å². The van der Waals surface area contributed by atoms with Crippen LogP contribution in [0.3, 0.4) is 0 Å². The molecule has 0 amide bonds. The lowest BCUT2D eigenvalue weighted by Gasteiger charge is -2.11. The van der Waals surface area contributed by atoms with E-state index in [1.807, 2.05) is 32.3 Å². The number of oxazole rings is 1. The van der Waals surface area contributed by atoms with Crippen molar-refractivity contribution in [2.75, 3.05) is 19.0 Å². The van der Waals surface area contributed by atoms with E-state index in [4.69, 9.17) is 4.42 Å². The fraction of sp³-hybridized carbons (Fsp3) is 0.211. The van der Waals surface area contributed by atoms with Crippen molar-refractivity contribution < 1.29 is 4.42 Å². The van der Waals surface area contributed by atoms with Crippen LogP contribution in [-0.2, 0) is 0 Å². The predicted octanol–water partition coefficient (Wildman–Crippen LogP) is 4.68. The van der Waals surface area contributed by atoms with Crippen molar-refractivity contribution in [1.29, 1.82) is 0 Å². The van der Waals surface area contributed by atoms with Gasteiger partial charge < -0.3 is 9.32 Å². The molecular formula is C19H20N2O. The van der Waals surface area contributed by atoms with Gasteiger partial charge in [0.15, 0.2) is 5.58 Å². The third-order valence-electron chi connectivity index (χ3n) is 3.85. The molecule has 3 aromatic rings. The Morgan fingerprint density at radius 1 is 0.955 bits per heavy atom. The normalized spacial score (nSPS) is 11.5. The van der Waals surface area contributed by atoms with Gasteiger partial charge in [0.2, 0.25) is 5.89 Å². The second-order valence-corrected chi connectivity index (χ2v) is 5.78. The molecule has 0 N–H and O–H groups in total. The first-order chi connectivity index (χ1) is 10.5. The number of aromatic nitrogens is 1. The van der Waals surface area contributed by atoms with Crippen LogP contribution >= 0.6 is 0 Å². The first-order valence-electron chi connectivity index (χ1n) is 7.36. The molecule has 0 aliphatic carbocycles. The minimum Gasteiger partial charge on any atom is -0.437 e. The molecule has 22 heavy (non-hydrogen) atoms. The molecule has 0 aliphatic rings. The molecule has 1 heterocycles. The van der Waals surface area contributed by atoms with Crippen LogP contribution in [0.2, 0.25) is 0 Å². The van der Waals surface area contributed by atoms with E-state index in [0.717, 1.165) is 16.7 Å². The highest BCUT2D eigenvalue weighted by Gasteiger charge is 2.05. The number of anilines is 1. The largest absolute Gasteiger partial charge is 0.437 e. The molecular weight excluding hydrogens is 272 g/mol. The van der Waals surface area contributed by atoms with Crippen LogP contribution in [0.25, 0.3) is 23.3 Å². The fourth-order valence-electron chi connectivity index (χ4n) is 2.32. The summed E-state index contributed by atoms with van der Waals surface area (Å²) in [6.07, 6.45) is 3.93. The Balaban J connectivity index is 1.85.